The van der Waals surface area contributed by atoms with E-state index >= 15 is 0 Å². The number of hydrazine groups is 1. The fraction of sp³-hybridized carbons (Fsp3) is 0.526. The van der Waals surface area contributed by atoms with Gasteiger partial charge in [0.25, 0.3) is 5.96 Å². The molecule has 0 bridgehead atoms. The lowest BCUT2D eigenvalue weighted by atomic mass is 10.1. The number of unbranched alkanes of at least 4 members (excludes halogenated alkanes) is 4. The number of carbonyl (C=O) groups is 2. The number of ether oxygens (including phenoxy) is 1. The van der Waals surface area contributed by atoms with Gasteiger partial charge in [0.05, 0.1) is 12.6 Å². The van der Waals surface area contributed by atoms with Gasteiger partial charge in [-0.15, -0.1) is 0 Å². The molecule has 1 atom stereocenters. The molecule has 166 valence electrons. The van der Waals surface area contributed by atoms with E-state index in [1.54, 1.807) is 5.43 Å². The number of esters is 1. The topological polar surface area (TPSA) is 175 Å². The lowest BCUT2D eigenvalue weighted by Gasteiger charge is -2.13. The molecule has 0 saturated heterocycles. The van der Waals surface area contributed by atoms with Crippen LogP contribution in [0.1, 0.15) is 50.5 Å². The Labute approximate surface area is 175 Å². The molecule has 0 aliphatic heterocycles. The van der Waals surface area contributed by atoms with Crippen LogP contribution in [-0.4, -0.2) is 35.6 Å². The number of nitrogens with one attached hydrogen (secondary N) is 2. The monoisotopic (exact) mass is 422 g/mol. The highest BCUT2D eigenvalue weighted by Crippen LogP contribution is 2.06. The van der Waals surface area contributed by atoms with Gasteiger partial charge >= 0.3 is 5.97 Å². The van der Waals surface area contributed by atoms with Gasteiger partial charge in [-0.2, -0.15) is 0 Å². The number of guanidine groups is 1. The Morgan fingerprint density at radius 3 is 2.50 bits per heavy atom. The molecule has 0 radical (unpaired) electrons. The Morgan fingerprint density at radius 2 is 1.80 bits per heavy atom. The first-order chi connectivity index (χ1) is 14.4. The maximum Gasteiger partial charge on any atom is 0.309 e. The number of nitrogens with two attached hydrogens (primary N) is 2. The molecule has 11 nitrogen and oxygen atoms in total. The third kappa shape index (κ3) is 13.0. The minimum atomic E-state index is -0.781. The molecule has 1 rings (SSSR count). The molecule has 0 heterocycles. The van der Waals surface area contributed by atoms with Crippen molar-refractivity contribution in [1.29, 1.82) is 0 Å². The summed E-state index contributed by atoms with van der Waals surface area (Å²) >= 11 is 0. The molecule has 11 heteroatoms. The summed E-state index contributed by atoms with van der Waals surface area (Å²) in [6.07, 6.45) is 3.55. The number of aliphatic imine (C=N–C) groups is 1. The van der Waals surface area contributed by atoms with Gasteiger partial charge < -0.3 is 21.5 Å². The molecule has 1 aromatic carbocycles. The van der Waals surface area contributed by atoms with E-state index in [-0.39, 0.29) is 24.9 Å². The van der Waals surface area contributed by atoms with Crippen LogP contribution in [0, 0.1) is 10.1 Å². The Balaban J connectivity index is 2.04. The molecule has 0 unspecified atom stereocenters. The standard InChI is InChI=1S/C19H30N6O5/c20-16(13-18(27)30-14-15-9-5-4-6-10-15)23-17(26)11-7-2-1-3-8-12-22-19(21)24-25(28)29/h4-6,9-10,16H,1-3,7-8,11-14,20H2,(H,23,26)(H3,21,22,24)/t16-/m0/s1. The second-order valence-corrected chi connectivity index (χ2v) is 6.68. The van der Waals surface area contributed by atoms with E-state index in [0.29, 0.717) is 19.4 Å². The van der Waals surface area contributed by atoms with E-state index in [0.717, 1.165) is 31.2 Å². The quantitative estimate of drug-likeness (QED) is 0.0652. The maximum atomic E-state index is 11.9. The van der Waals surface area contributed by atoms with Crippen LogP contribution in [0.15, 0.2) is 35.3 Å². The van der Waals surface area contributed by atoms with Crippen LogP contribution in [0.2, 0.25) is 0 Å². The number of rotatable bonds is 14. The molecule has 0 fully saturated rings. The first-order valence-electron chi connectivity index (χ1n) is 9.82. The van der Waals surface area contributed by atoms with Crippen molar-refractivity contribution in [2.24, 2.45) is 16.5 Å². The van der Waals surface area contributed by atoms with E-state index in [1.807, 2.05) is 30.3 Å². The highest BCUT2D eigenvalue weighted by molar-refractivity contribution is 5.77. The maximum absolute atomic E-state index is 11.9. The Bertz CT molecular complexity index is 698. The summed E-state index contributed by atoms with van der Waals surface area (Å²) in [5, 5.41) is 12.0. The van der Waals surface area contributed by atoms with Crippen LogP contribution in [-0.2, 0) is 20.9 Å². The summed E-state index contributed by atoms with van der Waals surface area (Å²) in [4.78, 5) is 37.6. The number of hydrogen-bond donors (Lipinski definition) is 4. The largest absolute Gasteiger partial charge is 0.461 e. The number of hydrogen-bond acceptors (Lipinski definition) is 7. The number of carbonyl (C=O) groups excluding carboxylic acids is 2. The number of amides is 1. The van der Waals surface area contributed by atoms with Gasteiger partial charge in [0.1, 0.15) is 6.61 Å². The summed E-state index contributed by atoms with van der Waals surface area (Å²) in [5.74, 6) is -0.887. The fourth-order valence-corrected chi connectivity index (χ4v) is 2.56. The highest BCUT2D eigenvalue weighted by Gasteiger charge is 2.13. The van der Waals surface area contributed by atoms with Crippen molar-refractivity contribution in [3.8, 4) is 0 Å². The van der Waals surface area contributed by atoms with Crippen LogP contribution >= 0.6 is 0 Å². The van der Waals surface area contributed by atoms with E-state index in [9.17, 15) is 19.7 Å². The third-order valence-corrected chi connectivity index (χ3v) is 4.03. The average molecular weight is 422 g/mol. The first-order valence-corrected chi connectivity index (χ1v) is 9.82. The highest BCUT2D eigenvalue weighted by atomic mass is 16.7. The molecular formula is C19H30N6O5. The predicted molar refractivity (Wildman–Crippen MR) is 111 cm³/mol. The van der Waals surface area contributed by atoms with E-state index < -0.39 is 17.2 Å². The van der Waals surface area contributed by atoms with E-state index in [4.69, 9.17) is 16.2 Å². The Morgan fingerprint density at radius 1 is 1.13 bits per heavy atom. The Hall–Kier alpha value is -3.21. The zero-order chi connectivity index (χ0) is 22.2. The Kier molecular flexibility index (Phi) is 12.2. The van der Waals surface area contributed by atoms with Gasteiger partial charge in [-0.3, -0.25) is 9.59 Å². The van der Waals surface area contributed by atoms with Crippen molar-refractivity contribution in [2.75, 3.05) is 6.54 Å². The van der Waals surface area contributed by atoms with Crippen LogP contribution in [0.25, 0.3) is 0 Å². The lowest BCUT2D eigenvalue weighted by molar-refractivity contribution is -0.525. The number of nitro groups is 1. The minimum absolute atomic E-state index is 0.0898. The summed E-state index contributed by atoms with van der Waals surface area (Å²) in [6, 6.07) is 9.30. The molecule has 6 N–H and O–H groups in total. The molecule has 0 aromatic heterocycles. The summed E-state index contributed by atoms with van der Waals surface area (Å²) < 4.78 is 5.13. The molecule has 30 heavy (non-hydrogen) atoms. The van der Waals surface area contributed by atoms with E-state index in [2.05, 4.69) is 10.3 Å². The second kappa shape index (κ2) is 14.7. The molecule has 1 amide bonds. The van der Waals surface area contributed by atoms with Crippen molar-refractivity contribution in [3.05, 3.63) is 46.0 Å². The minimum Gasteiger partial charge on any atom is -0.461 e. The smallest absolute Gasteiger partial charge is 0.309 e. The third-order valence-electron chi connectivity index (χ3n) is 4.03. The van der Waals surface area contributed by atoms with Gasteiger partial charge in [0.2, 0.25) is 5.91 Å². The summed E-state index contributed by atoms with van der Waals surface area (Å²) in [6.45, 7) is 0.576. The molecule has 0 spiro atoms. The van der Waals surface area contributed by atoms with Crippen LogP contribution in [0.5, 0.6) is 0 Å². The van der Waals surface area contributed by atoms with Crippen molar-refractivity contribution in [2.45, 2.75) is 57.7 Å². The van der Waals surface area contributed by atoms with Crippen molar-refractivity contribution in [1.82, 2.24) is 10.7 Å². The second-order valence-electron chi connectivity index (χ2n) is 6.68. The van der Waals surface area contributed by atoms with Crippen molar-refractivity contribution < 1.29 is 19.4 Å². The van der Waals surface area contributed by atoms with Crippen molar-refractivity contribution >= 4 is 17.8 Å². The zero-order valence-electron chi connectivity index (χ0n) is 16.9. The van der Waals surface area contributed by atoms with E-state index in [1.165, 1.54) is 0 Å². The van der Waals surface area contributed by atoms with Crippen LogP contribution in [0.3, 0.4) is 0 Å². The fourth-order valence-electron chi connectivity index (χ4n) is 2.56. The zero-order valence-corrected chi connectivity index (χ0v) is 16.9. The molecule has 0 aliphatic rings. The predicted octanol–water partition coefficient (Wildman–Crippen LogP) is 0.958. The SMILES string of the molecule is NC(=NCCCCCCCC(=O)N[C@H](N)CC(=O)OCc1ccccc1)N[N+](=O)[O-]. The van der Waals surface area contributed by atoms with Gasteiger partial charge in [-0.1, -0.05) is 55.0 Å². The molecule has 1 aromatic rings. The van der Waals surface area contributed by atoms with Crippen LogP contribution < -0.4 is 22.2 Å². The first kappa shape index (κ1) is 24.8. The van der Waals surface area contributed by atoms with Gasteiger partial charge in [-0.25, -0.2) is 15.1 Å². The van der Waals surface area contributed by atoms with Crippen LogP contribution in [0.4, 0.5) is 0 Å². The van der Waals surface area contributed by atoms with Crippen molar-refractivity contribution in [3.63, 3.8) is 0 Å². The normalized spacial score (nSPS) is 12.1. The van der Waals surface area contributed by atoms with Gasteiger partial charge in [0.15, 0.2) is 5.03 Å². The lowest BCUT2D eigenvalue weighted by Crippen LogP contribution is -2.43. The summed E-state index contributed by atoms with van der Waals surface area (Å²) in [5.41, 5.74) is 13.7. The average Bonchev–Trinajstić information content (AvgIpc) is 2.68. The summed E-state index contributed by atoms with van der Waals surface area (Å²) in [7, 11) is 0. The molecule has 0 saturated carbocycles. The number of benzene rings is 1. The molecule has 0 aliphatic carbocycles. The number of nitrogens with zero attached hydrogens (tertiary/aromatic N) is 2. The van der Waals surface area contributed by atoms with Gasteiger partial charge in [-0.05, 0) is 18.4 Å². The van der Waals surface area contributed by atoms with Gasteiger partial charge in [0, 0.05) is 13.0 Å². The molecular weight excluding hydrogens is 392 g/mol.